The molecule has 88 valence electrons. The van der Waals surface area contributed by atoms with Gasteiger partial charge in [-0.25, -0.2) is 4.39 Å². The smallest absolute Gasteiger partial charge is 0.167 e. The minimum atomic E-state index is -0.467. The number of benzene rings is 2. The number of anilines is 1. The van der Waals surface area contributed by atoms with Crippen LogP contribution in [0.3, 0.4) is 0 Å². The van der Waals surface area contributed by atoms with Crippen LogP contribution in [0.4, 0.5) is 10.1 Å². The third-order valence-electron chi connectivity index (χ3n) is 2.31. The van der Waals surface area contributed by atoms with Crippen molar-refractivity contribution in [2.75, 3.05) is 5.73 Å². The molecule has 0 aliphatic rings. The maximum absolute atomic E-state index is 13.5. The number of hydrogen-bond donors (Lipinski definition) is 1. The van der Waals surface area contributed by atoms with Gasteiger partial charge in [-0.05, 0) is 42.8 Å². The summed E-state index contributed by atoms with van der Waals surface area (Å²) in [4.78, 5) is 0. The second-order valence-corrected chi connectivity index (χ2v) is 4.56. The van der Waals surface area contributed by atoms with E-state index in [-0.39, 0.29) is 5.75 Å². The lowest BCUT2D eigenvalue weighted by molar-refractivity contribution is 0.442. The maximum Gasteiger partial charge on any atom is 0.167 e. The lowest BCUT2D eigenvalue weighted by Crippen LogP contribution is -1.91. The summed E-state index contributed by atoms with van der Waals surface area (Å²) in [5.74, 6) is 0.292. The Kier molecular flexibility index (Phi) is 3.33. The van der Waals surface area contributed by atoms with Crippen molar-refractivity contribution >= 4 is 21.6 Å². The van der Waals surface area contributed by atoms with Gasteiger partial charge < -0.3 is 10.5 Å². The van der Waals surface area contributed by atoms with Crippen molar-refractivity contribution in [2.24, 2.45) is 0 Å². The highest BCUT2D eigenvalue weighted by Crippen LogP contribution is 2.28. The van der Waals surface area contributed by atoms with Crippen LogP contribution in [0.15, 0.2) is 40.9 Å². The van der Waals surface area contributed by atoms with E-state index in [1.807, 2.05) is 19.1 Å². The molecule has 0 spiro atoms. The van der Waals surface area contributed by atoms with Gasteiger partial charge in [0.05, 0.1) is 0 Å². The third-order valence-corrected chi connectivity index (χ3v) is 3.20. The molecule has 2 rings (SSSR count). The molecule has 0 aromatic heterocycles. The Hall–Kier alpha value is -1.55. The van der Waals surface area contributed by atoms with Crippen LogP contribution in [0.25, 0.3) is 0 Å². The minimum Gasteiger partial charge on any atom is -0.454 e. The molecule has 0 aliphatic carbocycles. The molecule has 2 nitrogen and oxygen atoms in total. The summed E-state index contributed by atoms with van der Waals surface area (Å²) in [6.45, 7) is 1.94. The summed E-state index contributed by atoms with van der Waals surface area (Å²) in [6, 6.07) is 9.82. The first-order chi connectivity index (χ1) is 8.06. The summed E-state index contributed by atoms with van der Waals surface area (Å²) < 4.78 is 19.9. The molecule has 2 aromatic rings. The SMILES string of the molecule is Cc1cc(Oc2ccc(N)cc2F)ccc1Br. The molecule has 0 saturated heterocycles. The van der Waals surface area contributed by atoms with Gasteiger partial charge in [0.2, 0.25) is 0 Å². The second kappa shape index (κ2) is 4.75. The Bertz CT molecular complexity index is 557. The highest BCUT2D eigenvalue weighted by atomic mass is 79.9. The Morgan fingerprint density at radius 2 is 1.94 bits per heavy atom. The monoisotopic (exact) mass is 295 g/mol. The molecule has 0 saturated carbocycles. The van der Waals surface area contributed by atoms with E-state index < -0.39 is 5.82 Å². The van der Waals surface area contributed by atoms with Crippen molar-refractivity contribution in [3.05, 3.63) is 52.3 Å². The summed E-state index contributed by atoms with van der Waals surface area (Å²) >= 11 is 3.39. The zero-order valence-electron chi connectivity index (χ0n) is 9.21. The Balaban J connectivity index is 2.28. The zero-order chi connectivity index (χ0) is 12.4. The van der Waals surface area contributed by atoms with E-state index in [0.29, 0.717) is 11.4 Å². The third kappa shape index (κ3) is 2.77. The number of hydrogen-bond acceptors (Lipinski definition) is 2. The topological polar surface area (TPSA) is 35.2 Å². The fourth-order valence-corrected chi connectivity index (χ4v) is 1.65. The van der Waals surface area contributed by atoms with Crippen molar-refractivity contribution in [1.82, 2.24) is 0 Å². The van der Waals surface area contributed by atoms with E-state index in [9.17, 15) is 4.39 Å². The van der Waals surface area contributed by atoms with Crippen LogP contribution in [-0.4, -0.2) is 0 Å². The molecule has 0 unspecified atom stereocenters. The molecule has 2 N–H and O–H groups in total. The highest BCUT2D eigenvalue weighted by Gasteiger charge is 2.06. The molecule has 0 heterocycles. The second-order valence-electron chi connectivity index (χ2n) is 3.70. The fraction of sp³-hybridized carbons (Fsp3) is 0.0769. The molecule has 17 heavy (non-hydrogen) atoms. The lowest BCUT2D eigenvalue weighted by atomic mass is 10.2. The quantitative estimate of drug-likeness (QED) is 0.840. The van der Waals surface area contributed by atoms with E-state index in [4.69, 9.17) is 10.5 Å². The molecular formula is C13H11BrFNO. The van der Waals surface area contributed by atoms with Crippen LogP contribution in [-0.2, 0) is 0 Å². The van der Waals surface area contributed by atoms with Crippen molar-refractivity contribution < 1.29 is 9.13 Å². The van der Waals surface area contributed by atoms with Crippen LogP contribution < -0.4 is 10.5 Å². The highest BCUT2D eigenvalue weighted by molar-refractivity contribution is 9.10. The fourth-order valence-electron chi connectivity index (χ4n) is 1.41. The van der Waals surface area contributed by atoms with Crippen molar-refractivity contribution in [3.8, 4) is 11.5 Å². The number of aryl methyl sites for hydroxylation is 1. The first kappa shape index (κ1) is 11.9. The van der Waals surface area contributed by atoms with Gasteiger partial charge in [-0.2, -0.15) is 0 Å². The van der Waals surface area contributed by atoms with Gasteiger partial charge in [0, 0.05) is 16.2 Å². The predicted octanol–water partition coefficient (Wildman–Crippen LogP) is 4.27. The van der Waals surface area contributed by atoms with Gasteiger partial charge in [-0.15, -0.1) is 0 Å². The standard InChI is InChI=1S/C13H11BrFNO/c1-8-6-10(3-4-11(8)14)17-13-5-2-9(16)7-12(13)15/h2-7H,16H2,1H3. The number of nitrogens with two attached hydrogens (primary N) is 1. The van der Waals surface area contributed by atoms with Crippen LogP contribution >= 0.6 is 15.9 Å². The van der Waals surface area contributed by atoms with Crippen molar-refractivity contribution in [1.29, 1.82) is 0 Å². The average Bonchev–Trinajstić information content (AvgIpc) is 2.27. The van der Waals surface area contributed by atoms with Crippen LogP contribution in [0.1, 0.15) is 5.56 Å². The van der Waals surface area contributed by atoms with Gasteiger partial charge in [0.1, 0.15) is 5.75 Å². The molecular weight excluding hydrogens is 285 g/mol. The number of halogens is 2. The molecule has 4 heteroatoms. The summed E-state index contributed by atoms with van der Waals surface area (Å²) in [5.41, 5.74) is 6.87. The van der Waals surface area contributed by atoms with Gasteiger partial charge in [0.25, 0.3) is 0 Å². The number of nitrogen functional groups attached to an aromatic ring is 1. The van der Waals surface area contributed by atoms with Gasteiger partial charge in [-0.1, -0.05) is 15.9 Å². The Morgan fingerprint density at radius 1 is 1.18 bits per heavy atom. The summed E-state index contributed by atoms with van der Waals surface area (Å²) in [7, 11) is 0. The maximum atomic E-state index is 13.5. The average molecular weight is 296 g/mol. The molecule has 0 aliphatic heterocycles. The first-order valence-electron chi connectivity index (χ1n) is 5.05. The van der Waals surface area contributed by atoms with E-state index in [0.717, 1.165) is 10.0 Å². The summed E-state index contributed by atoms with van der Waals surface area (Å²) in [6.07, 6.45) is 0. The van der Waals surface area contributed by atoms with E-state index >= 15 is 0 Å². The Morgan fingerprint density at radius 3 is 2.59 bits per heavy atom. The van der Waals surface area contributed by atoms with Gasteiger partial charge >= 0.3 is 0 Å². The minimum absolute atomic E-state index is 0.168. The largest absolute Gasteiger partial charge is 0.454 e. The number of rotatable bonds is 2. The predicted molar refractivity (Wildman–Crippen MR) is 69.8 cm³/mol. The normalized spacial score (nSPS) is 10.3. The molecule has 0 amide bonds. The van der Waals surface area contributed by atoms with E-state index in [2.05, 4.69) is 15.9 Å². The van der Waals surface area contributed by atoms with E-state index in [1.165, 1.54) is 12.1 Å². The van der Waals surface area contributed by atoms with Gasteiger partial charge in [-0.3, -0.25) is 0 Å². The zero-order valence-corrected chi connectivity index (χ0v) is 10.8. The number of ether oxygens (including phenoxy) is 1. The lowest BCUT2D eigenvalue weighted by Gasteiger charge is -2.08. The van der Waals surface area contributed by atoms with E-state index in [1.54, 1.807) is 12.1 Å². The molecule has 0 radical (unpaired) electrons. The van der Waals surface area contributed by atoms with Crippen LogP contribution in [0, 0.1) is 12.7 Å². The first-order valence-corrected chi connectivity index (χ1v) is 5.84. The molecule has 0 atom stereocenters. The van der Waals surface area contributed by atoms with Crippen molar-refractivity contribution in [3.63, 3.8) is 0 Å². The van der Waals surface area contributed by atoms with Crippen molar-refractivity contribution in [2.45, 2.75) is 6.92 Å². The summed E-state index contributed by atoms with van der Waals surface area (Å²) in [5, 5.41) is 0. The Labute approximate surface area is 107 Å². The molecule has 0 bridgehead atoms. The van der Waals surface area contributed by atoms with Gasteiger partial charge in [0.15, 0.2) is 11.6 Å². The molecule has 2 aromatic carbocycles. The molecule has 0 fully saturated rings. The van der Waals surface area contributed by atoms with Crippen LogP contribution in [0.2, 0.25) is 0 Å². The van der Waals surface area contributed by atoms with Crippen LogP contribution in [0.5, 0.6) is 11.5 Å².